The maximum Gasteiger partial charge on any atom is 0.493 e. The third-order valence-electron chi connectivity index (χ3n) is 9.30. The van der Waals surface area contributed by atoms with Gasteiger partial charge in [0.15, 0.2) is 0 Å². The molecular formula is C26H40BN3O4S. The third-order valence-corrected chi connectivity index (χ3v) is 11.2. The molecule has 7 nitrogen and oxygen atoms in total. The summed E-state index contributed by atoms with van der Waals surface area (Å²) in [5, 5.41) is 11.8. The molecule has 3 aliphatic rings. The SMILES string of the molecule is CCCC(C)CCCCS(=O)(=O)N1CCC2(C1)CC1(CC2(C)C)OB(O)c2cnc3[nH]ccc3c21. The van der Waals surface area contributed by atoms with Crippen LogP contribution in [0.5, 0.6) is 0 Å². The Labute approximate surface area is 210 Å². The van der Waals surface area contributed by atoms with Gasteiger partial charge in [-0.1, -0.05) is 53.4 Å². The van der Waals surface area contributed by atoms with Crippen LogP contribution in [0.3, 0.4) is 0 Å². The zero-order chi connectivity index (χ0) is 25.1. The summed E-state index contributed by atoms with van der Waals surface area (Å²) in [5.41, 5.74) is 1.61. The summed E-state index contributed by atoms with van der Waals surface area (Å²) in [6, 6.07) is 2.01. The van der Waals surface area contributed by atoms with E-state index in [0.29, 0.717) is 25.4 Å². The third kappa shape index (κ3) is 4.16. The van der Waals surface area contributed by atoms with Gasteiger partial charge in [-0.25, -0.2) is 17.7 Å². The zero-order valence-electron chi connectivity index (χ0n) is 21.6. The Morgan fingerprint density at radius 1 is 1.29 bits per heavy atom. The Morgan fingerprint density at radius 2 is 2.09 bits per heavy atom. The molecular weight excluding hydrogens is 461 g/mol. The van der Waals surface area contributed by atoms with Crippen molar-refractivity contribution in [3.63, 3.8) is 0 Å². The lowest BCUT2D eigenvalue weighted by molar-refractivity contribution is 0.0547. The van der Waals surface area contributed by atoms with Crippen molar-refractivity contribution in [1.29, 1.82) is 0 Å². The van der Waals surface area contributed by atoms with E-state index in [4.69, 9.17) is 4.65 Å². The van der Waals surface area contributed by atoms with Gasteiger partial charge < -0.3 is 14.7 Å². The lowest BCUT2D eigenvalue weighted by atomic mass is 9.67. The summed E-state index contributed by atoms with van der Waals surface area (Å²) in [6.45, 7) is 10.1. The van der Waals surface area contributed by atoms with Gasteiger partial charge in [-0.05, 0) is 54.1 Å². The number of pyridine rings is 1. The molecule has 2 fully saturated rings. The van der Waals surface area contributed by atoms with E-state index < -0.39 is 22.7 Å². The van der Waals surface area contributed by atoms with Crippen LogP contribution in [0.25, 0.3) is 11.0 Å². The number of rotatable bonds is 8. The van der Waals surface area contributed by atoms with Crippen molar-refractivity contribution in [3.05, 3.63) is 24.0 Å². The molecule has 35 heavy (non-hydrogen) atoms. The van der Waals surface area contributed by atoms with Crippen LogP contribution in [0.15, 0.2) is 18.5 Å². The van der Waals surface area contributed by atoms with Gasteiger partial charge in [0, 0.05) is 36.3 Å². The van der Waals surface area contributed by atoms with E-state index in [0.717, 1.165) is 54.2 Å². The van der Waals surface area contributed by atoms with E-state index in [1.54, 1.807) is 10.5 Å². The van der Waals surface area contributed by atoms with E-state index >= 15 is 0 Å². The Hall–Kier alpha value is -1.42. The Balaban J connectivity index is 1.34. The maximum absolute atomic E-state index is 13.3. The highest BCUT2D eigenvalue weighted by molar-refractivity contribution is 7.89. The second-order valence-corrected chi connectivity index (χ2v) is 14.2. The molecule has 2 aromatic rings. The molecule has 0 bridgehead atoms. The standard InChI is InChI=1S/C26H40BN3O4S/c1-5-8-19(2)9-6-7-14-35(32,33)30-13-11-25(18-30)17-26(16-24(25,3)4)22-20-10-12-28-23(20)29-15-21(22)27(31)34-26/h10,12,15,19,31H,5-9,11,13-14,16-18H2,1-4H3,(H,28,29). The lowest BCUT2D eigenvalue weighted by Crippen LogP contribution is -2.38. The second-order valence-electron chi connectivity index (χ2n) is 12.1. The van der Waals surface area contributed by atoms with Gasteiger partial charge in [-0.3, -0.25) is 0 Å². The molecule has 1 aliphatic carbocycles. The molecule has 0 aromatic carbocycles. The summed E-state index contributed by atoms with van der Waals surface area (Å²) >= 11 is 0. The first-order valence-corrected chi connectivity index (χ1v) is 14.9. The second kappa shape index (κ2) is 8.86. The number of aromatic amines is 1. The molecule has 1 saturated heterocycles. The van der Waals surface area contributed by atoms with Crippen LogP contribution in [-0.2, 0) is 20.3 Å². The maximum atomic E-state index is 13.3. The number of aromatic nitrogens is 2. The molecule has 9 heteroatoms. The molecule has 5 rings (SSSR count). The Bertz CT molecular complexity index is 1200. The number of nitrogens with one attached hydrogen (secondary N) is 1. The van der Waals surface area contributed by atoms with E-state index in [1.807, 2.05) is 12.3 Å². The summed E-state index contributed by atoms with van der Waals surface area (Å²) in [4.78, 5) is 7.64. The van der Waals surface area contributed by atoms with Crippen LogP contribution in [0.2, 0.25) is 0 Å². The Kier molecular flexibility index (Phi) is 6.39. The van der Waals surface area contributed by atoms with E-state index in [2.05, 4.69) is 37.7 Å². The number of sulfonamides is 1. The summed E-state index contributed by atoms with van der Waals surface area (Å²) < 4.78 is 34.7. The van der Waals surface area contributed by atoms with E-state index in [1.165, 1.54) is 12.8 Å². The lowest BCUT2D eigenvalue weighted by Gasteiger charge is -2.37. The molecule has 192 valence electrons. The van der Waals surface area contributed by atoms with Crippen molar-refractivity contribution >= 4 is 33.6 Å². The fraction of sp³-hybridized carbons (Fsp3) is 0.731. The van der Waals surface area contributed by atoms with Crippen LogP contribution < -0.4 is 5.46 Å². The van der Waals surface area contributed by atoms with Crippen molar-refractivity contribution in [3.8, 4) is 0 Å². The predicted octanol–water partition coefficient (Wildman–Crippen LogP) is 3.92. The number of hydrogen-bond donors (Lipinski definition) is 2. The largest absolute Gasteiger partial charge is 0.493 e. The molecule has 3 unspecified atom stereocenters. The quantitative estimate of drug-likeness (QED) is 0.422. The minimum absolute atomic E-state index is 0.139. The number of hydrogen-bond acceptors (Lipinski definition) is 5. The van der Waals surface area contributed by atoms with Crippen LogP contribution in [0, 0.1) is 16.7 Å². The minimum Gasteiger partial charge on any atom is -0.423 e. The number of unbranched alkanes of at least 4 members (excludes halogenated alkanes) is 1. The van der Waals surface area contributed by atoms with Gasteiger partial charge in [0.25, 0.3) is 0 Å². The molecule has 0 amide bonds. The van der Waals surface area contributed by atoms with Gasteiger partial charge in [0.2, 0.25) is 10.0 Å². The normalized spacial score (nSPS) is 29.1. The van der Waals surface area contributed by atoms with Crippen molar-refractivity contribution in [2.24, 2.45) is 16.7 Å². The van der Waals surface area contributed by atoms with Crippen LogP contribution in [0.1, 0.15) is 84.6 Å². The van der Waals surface area contributed by atoms with E-state index in [-0.39, 0.29) is 16.6 Å². The highest BCUT2D eigenvalue weighted by Crippen LogP contribution is 2.66. The first kappa shape index (κ1) is 25.2. The summed E-state index contributed by atoms with van der Waals surface area (Å²) in [7, 11) is -4.29. The van der Waals surface area contributed by atoms with Gasteiger partial charge in [0.1, 0.15) is 5.65 Å². The first-order valence-electron chi connectivity index (χ1n) is 13.3. The minimum atomic E-state index is -3.29. The first-order chi connectivity index (χ1) is 16.5. The number of H-pyrrole nitrogens is 1. The van der Waals surface area contributed by atoms with Gasteiger partial charge in [0.05, 0.1) is 11.4 Å². The van der Waals surface area contributed by atoms with Crippen molar-refractivity contribution in [1.82, 2.24) is 14.3 Å². The van der Waals surface area contributed by atoms with Gasteiger partial charge >= 0.3 is 7.12 Å². The van der Waals surface area contributed by atoms with Crippen LogP contribution >= 0.6 is 0 Å². The highest BCUT2D eigenvalue weighted by Gasteiger charge is 2.66. The molecule has 4 heterocycles. The van der Waals surface area contributed by atoms with Crippen molar-refractivity contribution in [2.75, 3.05) is 18.8 Å². The molecule has 1 saturated carbocycles. The molecule has 2 aliphatic heterocycles. The highest BCUT2D eigenvalue weighted by atomic mass is 32.2. The molecule has 3 atom stereocenters. The van der Waals surface area contributed by atoms with Gasteiger partial charge in [-0.2, -0.15) is 0 Å². The van der Waals surface area contributed by atoms with E-state index in [9.17, 15) is 13.4 Å². The zero-order valence-corrected chi connectivity index (χ0v) is 22.5. The fourth-order valence-electron chi connectivity index (χ4n) is 7.38. The average molecular weight is 502 g/mol. The van der Waals surface area contributed by atoms with Gasteiger partial charge in [-0.15, -0.1) is 0 Å². The average Bonchev–Trinajstić information content (AvgIpc) is 3.52. The summed E-state index contributed by atoms with van der Waals surface area (Å²) in [6.07, 6.45) is 11.1. The number of fused-ring (bicyclic) bond motifs is 4. The molecule has 0 radical (unpaired) electrons. The molecule has 2 spiro atoms. The topological polar surface area (TPSA) is 95.5 Å². The number of nitrogens with zero attached hydrogens (tertiary/aromatic N) is 2. The monoisotopic (exact) mass is 501 g/mol. The summed E-state index contributed by atoms with van der Waals surface area (Å²) in [5.74, 6) is 0.904. The van der Waals surface area contributed by atoms with Crippen LogP contribution in [0.4, 0.5) is 0 Å². The fourth-order valence-corrected chi connectivity index (χ4v) is 9.02. The Morgan fingerprint density at radius 3 is 2.86 bits per heavy atom. The van der Waals surface area contributed by atoms with Crippen molar-refractivity contribution < 1.29 is 18.1 Å². The van der Waals surface area contributed by atoms with Crippen LogP contribution in [-0.4, -0.2) is 53.7 Å². The predicted molar refractivity (Wildman–Crippen MR) is 140 cm³/mol. The smallest absolute Gasteiger partial charge is 0.423 e. The van der Waals surface area contributed by atoms with Crippen molar-refractivity contribution in [2.45, 2.75) is 84.7 Å². The molecule has 2 aromatic heterocycles. The molecule has 2 N–H and O–H groups in total.